The molecule has 0 aromatic carbocycles. The highest BCUT2D eigenvalue weighted by Crippen LogP contribution is 2.06. The maximum Gasteiger partial charge on any atom is 0.0827 e. The van der Waals surface area contributed by atoms with Crippen LogP contribution in [0.3, 0.4) is 0 Å². The number of aliphatic hydroxyl groups is 2. The second-order valence-electron chi connectivity index (χ2n) is 2.20. The van der Waals surface area contributed by atoms with Gasteiger partial charge in [-0.3, -0.25) is 0 Å². The van der Waals surface area contributed by atoms with Gasteiger partial charge in [0.05, 0.1) is 12.2 Å². The summed E-state index contributed by atoms with van der Waals surface area (Å²) >= 11 is 0. The highest BCUT2D eigenvalue weighted by molar-refractivity contribution is 4.68. The van der Waals surface area contributed by atoms with E-state index < -0.39 is 5.60 Å². The Balaban J connectivity index is 3.15. The Bertz CT molecular complexity index is 44.5. The molecule has 7 heavy (non-hydrogen) atoms. The third kappa shape index (κ3) is 5.92. The van der Waals surface area contributed by atoms with Gasteiger partial charge in [-0.1, -0.05) is 0 Å². The van der Waals surface area contributed by atoms with Gasteiger partial charge in [0, 0.05) is 6.42 Å². The molecule has 2 heteroatoms. The van der Waals surface area contributed by atoms with Crippen LogP contribution in [-0.4, -0.2) is 15.8 Å². The number of aliphatic hydroxyl groups excluding tert-OH is 1. The van der Waals surface area contributed by atoms with Gasteiger partial charge in [-0.15, -0.1) is 0 Å². The van der Waals surface area contributed by atoms with Gasteiger partial charge in [-0.25, -0.2) is 0 Å². The van der Waals surface area contributed by atoms with Crippen LogP contribution < -0.4 is 0 Å². The first kappa shape index (κ1) is 6.92. The molecule has 2 N–H and O–H groups in total. The first-order chi connectivity index (χ1) is 3.06. The summed E-state index contributed by atoms with van der Waals surface area (Å²) in [6.07, 6.45) is 0.326. The van der Waals surface area contributed by atoms with Crippen molar-refractivity contribution in [2.45, 2.75) is 25.9 Å². The molecule has 0 bridgehead atoms. The van der Waals surface area contributed by atoms with Crippen LogP contribution in [0.15, 0.2) is 0 Å². The second-order valence-corrected chi connectivity index (χ2v) is 2.20. The Morgan fingerprint density at radius 2 is 2.00 bits per heavy atom. The van der Waals surface area contributed by atoms with Crippen LogP contribution in [0, 0.1) is 6.61 Å². The Morgan fingerprint density at radius 1 is 1.57 bits per heavy atom. The van der Waals surface area contributed by atoms with E-state index in [1.54, 1.807) is 13.8 Å². The van der Waals surface area contributed by atoms with E-state index in [1.807, 2.05) is 0 Å². The van der Waals surface area contributed by atoms with Crippen molar-refractivity contribution < 1.29 is 10.2 Å². The summed E-state index contributed by atoms with van der Waals surface area (Å²) in [5, 5.41) is 16.9. The van der Waals surface area contributed by atoms with Crippen molar-refractivity contribution in [3.8, 4) is 0 Å². The van der Waals surface area contributed by atoms with E-state index in [2.05, 4.69) is 0 Å². The fraction of sp³-hybridized carbons (Fsp3) is 0.800. The lowest BCUT2D eigenvalue weighted by molar-refractivity contribution is 0.0669. The predicted molar refractivity (Wildman–Crippen MR) is 27.2 cm³/mol. The van der Waals surface area contributed by atoms with Crippen LogP contribution in [0.5, 0.6) is 0 Å². The molecule has 0 fully saturated rings. The molecular formula is C5H11O2. The van der Waals surface area contributed by atoms with Crippen LogP contribution in [0.1, 0.15) is 20.3 Å². The standard InChI is InChI=1S/C5H11O2/c1-5(2,7)3-4-6/h4,6-7H,3H2,1-2H3. The summed E-state index contributed by atoms with van der Waals surface area (Å²) in [4.78, 5) is 0. The molecule has 0 atom stereocenters. The van der Waals surface area contributed by atoms with E-state index >= 15 is 0 Å². The molecule has 0 aliphatic carbocycles. The molecule has 0 unspecified atom stereocenters. The number of hydrogen-bond acceptors (Lipinski definition) is 2. The molecule has 0 aromatic rings. The lowest BCUT2D eigenvalue weighted by Gasteiger charge is -2.13. The number of rotatable bonds is 2. The van der Waals surface area contributed by atoms with Crippen LogP contribution in [0.4, 0.5) is 0 Å². The van der Waals surface area contributed by atoms with Gasteiger partial charge < -0.3 is 10.2 Å². The Hall–Kier alpha value is -0.0800. The van der Waals surface area contributed by atoms with Crippen molar-refractivity contribution in [2.75, 3.05) is 0 Å². The summed E-state index contributed by atoms with van der Waals surface area (Å²) in [6.45, 7) is 4.24. The Labute approximate surface area is 43.8 Å². The zero-order chi connectivity index (χ0) is 5.91. The molecule has 0 rings (SSSR count). The van der Waals surface area contributed by atoms with Gasteiger partial charge in [0.15, 0.2) is 0 Å². The van der Waals surface area contributed by atoms with Gasteiger partial charge in [0.2, 0.25) is 0 Å². The lowest BCUT2D eigenvalue weighted by Crippen LogP contribution is -2.17. The lowest BCUT2D eigenvalue weighted by atomic mass is 10.1. The first-order valence-electron chi connectivity index (χ1n) is 2.24. The number of hydrogen-bond donors (Lipinski definition) is 2. The highest BCUT2D eigenvalue weighted by Gasteiger charge is 2.09. The van der Waals surface area contributed by atoms with E-state index in [0.29, 0.717) is 6.42 Å². The van der Waals surface area contributed by atoms with Crippen molar-refractivity contribution >= 4 is 0 Å². The topological polar surface area (TPSA) is 40.5 Å². The van der Waals surface area contributed by atoms with E-state index in [4.69, 9.17) is 10.2 Å². The maximum atomic E-state index is 8.83. The average Bonchev–Trinajstić information content (AvgIpc) is 1.30. The van der Waals surface area contributed by atoms with Crippen molar-refractivity contribution in [3.63, 3.8) is 0 Å². The van der Waals surface area contributed by atoms with Crippen LogP contribution in [0.25, 0.3) is 0 Å². The molecule has 0 saturated heterocycles. The summed E-state index contributed by atoms with van der Waals surface area (Å²) < 4.78 is 0. The largest absolute Gasteiger partial charge is 0.390 e. The van der Waals surface area contributed by atoms with E-state index in [-0.39, 0.29) is 0 Å². The van der Waals surface area contributed by atoms with Crippen molar-refractivity contribution in [1.29, 1.82) is 0 Å². The molecular weight excluding hydrogens is 92.1 g/mol. The fourth-order valence-corrected chi connectivity index (χ4v) is 0.223. The summed E-state index contributed by atoms with van der Waals surface area (Å²) in [6, 6.07) is 0. The van der Waals surface area contributed by atoms with Crippen molar-refractivity contribution in [3.05, 3.63) is 6.61 Å². The molecule has 0 heterocycles. The highest BCUT2D eigenvalue weighted by atomic mass is 16.3. The molecule has 43 valence electrons. The predicted octanol–water partition coefficient (Wildman–Crippen LogP) is 0.682. The monoisotopic (exact) mass is 103 g/mol. The molecule has 1 radical (unpaired) electrons. The fourth-order valence-electron chi connectivity index (χ4n) is 0.223. The minimum Gasteiger partial charge on any atom is -0.390 e. The quantitative estimate of drug-likeness (QED) is 0.539. The van der Waals surface area contributed by atoms with Crippen LogP contribution in [0.2, 0.25) is 0 Å². The zero-order valence-corrected chi connectivity index (χ0v) is 4.68. The van der Waals surface area contributed by atoms with Crippen LogP contribution in [-0.2, 0) is 0 Å². The molecule has 0 amide bonds. The van der Waals surface area contributed by atoms with Gasteiger partial charge in [-0.2, -0.15) is 0 Å². The molecule has 0 saturated carbocycles. The molecule has 0 spiro atoms. The molecule has 0 aromatic heterocycles. The molecule has 2 nitrogen and oxygen atoms in total. The molecule has 0 aliphatic heterocycles. The average molecular weight is 103 g/mol. The minimum atomic E-state index is -0.755. The smallest absolute Gasteiger partial charge is 0.0827 e. The Morgan fingerprint density at radius 3 is 2.00 bits per heavy atom. The van der Waals surface area contributed by atoms with Gasteiger partial charge >= 0.3 is 0 Å². The minimum absolute atomic E-state index is 0.326. The van der Waals surface area contributed by atoms with Crippen molar-refractivity contribution in [2.24, 2.45) is 0 Å². The van der Waals surface area contributed by atoms with Gasteiger partial charge in [0.25, 0.3) is 0 Å². The second kappa shape index (κ2) is 2.28. The third-order valence-corrected chi connectivity index (χ3v) is 0.591. The van der Waals surface area contributed by atoms with E-state index in [9.17, 15) is 0 Å². The normalized spacial score (nSPS) is 12.0. The summed E-state index contributed by atoms with van der Waals surface area (Å²) in [7, 11) is 0. The van der Waals surface area contributed by atoms with E-state index in [1.165, 1.54) is 0 Å². The van der Waals surface area contributed by atoms with Gasteiger partial charge in [-0.05, 0) is 13.8 Å². The van der Waals surface area contributed by atoms with Gasteiger partial charge in [0.1, 0.15) is 0 Å². The summed E-state index contributed by atoms with van der Waals surface area (Å²) in [5.74, 6) is 0. The SMILES string of the molecule is CC(C)(O)C[CH]O. The zero-order valence-electron chi connectivity index (χ0n) is 4.68. The van der Waals surface area contributed by atoms with Crippen LogP contribution >= 0.6 is 0 Å². The first-order valence-corrected chi connectivity index (χ1v) is 2.24. The van der Waals surface area contributed by atoms with E-state index in [0.717, 1.165) is 6.61 Å². The van der Waals surface area contributed by atoms with Crippen molar-refractivity contribution in [1.82, 2.24) is 0 Å². The Kier molecular flexibility index (Phi) is 2.26. The third-order valence-electron chi connectivity index (χ3n) is 0.591. The molecule has 0 aliphatic rings. The maximum absolute atomic E-state index is 8.83. The summed E-state index contributed by atoms with van der Waals surface area (Å²) in [5.41, 5.74) is -0.755.